The van der Waals surface area contributed by atoms with Gasteiger partial charge in [0, 0.05) is 0 Å². The molecule has 2 unspecified atom stereocenters. The number of carbonyl (C=O) groups is 1. The quantitative estimate of drug-likeness (QED) is 0.337. The van der Waals surface area contributed by atoms with Gasteiger partial charge in [0.25, 0.3) is 10.1 Å². The molecule has 0 radical (unpaired) electrons. The molecule has 0 spiro atoms. The third kappa shape index (κ3) is 1.41. The lowest BCUT2D eigenvalue weighted by Crippen LogP contribution is -2.37. The Balaban J connectivity index is 2.93. The number of hydrogen-bond donors (Lipinski definition) is 3. The maximum Gasteiger partial charge on any atom is 0.272 e. The first-order valence-electron chi connectivity index (χ1n) is 2.99. The minimum absolute atomic E-state index is 0.113. The highest BCUT2D eigenvalue weighted by Crippen LogP contribution is 2.20. The molecule has 0 aromatic heterocycles. The number of hydroxylamine groups is 2. The van der Waals surface area contributed by atoms with Gasteiger partial charge in [-0.05, 0) is 0 Å². The largest absolute Gasteiger partial charge is 0.370 e. The van der Waals surface area contributed by atoms with Gasteiger partial charge >= 0.3 is 0 Å². The Morgan fingerprint density at radius 2 is 2.00 bits per heavy atom. The van der Waals surface area contributed by atoms with Gasteiger partial charge in [-0.15, -0.1) is 0 Å². The first-order valence-corrected chi connectivity index (χ1v) is 4.49. The number of nitrogens with zero attached hydrogens (tertiary/aromatic N) is 1. The van der Waals surface area contributed by atoms with E-state index >= 15 is 0 Å². The predicted octanol–water partition coefficient (Wildman–Crippen LogP) is -1.82. The summed E-state index contributed by atoms with van der Waals surface area (Å²) in [7, 11) is -4.49. The Kier molecular flexibility index (Phi) is 2.08. The average Bonchev–Trinajstić information content (AvgIpc) is 2.15. The van der Waals surface area contributed by atoms with E-state index in [0.29, 0.717) is 0 Å². The van der Waals surface area contributed by atoms with E-state index in [0.717, 1.165) is 0 Å². The van der Waals surface area contributed by atoms with Crippen LogP contribution in [0, 0.1) is 0 Å². The maximum atomic E-state index is 10.6. The molecular weight excluding hydrogens is 190 g/mol. The van der Waals surface area contributed by atoms with Crippen molar-refractivity contribution < 1.29 is 28.1 Å². The van der Waals surface area contributed by atoms with Gasteiger partial charge in [-0.3, -0.25) is 14.6 Å². The third-order valence-corrected chi connectivity index (χ3v) is 2.77. The highest BCUT2D eigenvalue weighted by Gasteiger charge is 2.45. The molecule has 1 rings (SSSR count). The van der Waals surface area contributed by atoms with Crippen LogP contribution >= 0.6 is 0 Å². The van der Waals surface area contributed by atoms with E-state index < -0.39 is 33.9 Å². The predicted molar refractivity (Wildman–Crippen MR) is 34.6 cm³/mol. The number of hydrogen-bond acceptors (Lipinski definition) is 5. The second-order valence-corrected chi connectivity index (χ2v) is 4.04. The van der Waals surface area contributed by atoms with E-state index in [1.807, 2.05) is 0 Å². The van der Waals surface area contributed by atoms with Crippen LogP contribution in [-0.2, 0) is 14.9 Å². The van der Waals surface area contributed by atoms with Gasteiger partial charge in [0.1, 0.15) is 5.25 Å². The van der Waals surface area contributed by atoms with Gasteiger partial charge in [-0.2, -0.15) is 13.5 Å². The van der Waals surface area contributed by atoms with E-state index in [2.05, 4.69) is 0 Å². The summed E-state index contributed by atoms with van der Waals surface area (Å²) in [5, 5.41) is 15.8. The molecule has 0 aromatic rings. The van der Waals surface area contributed by atoms with E-state index in [4.69, 9.17) is 14.9 Å². The third-order valence-electron chi connectivity index (χ3n) is 1.60. The van der Waals surface area contributed by atoms with Crippen molar-refractivity contribution in [3.63, 3.8) is 0 Å². The van der Waals surface area contributed by atoms with Crippen molar-refractivity contribution >= 4 is 16.0 Å². The number of amides is 1. The Bertz CT molecular complexity index is 297. The average molecular weight is 197 g/mol. The van der Waals surface area contributed by atoms with E-state index in [9.17, 15) is 13.2 Å². The van der Waals surface area contributed by atoms with Crippen LogP contribution in [0.4, 0.5) is 0 Å². The lowest BCUT2D eigenvalue weighted by atomic mass is 10.3. The fourth-order valence-electron chi connectivity index (χ4n) is 0.935. The van der Waals surface area contributed by atoms with E-state index in [-0.39, 0.29) is 5.06 Å². The zero-order valence-corrected chi connectivity index (χ0v) is 6.60. The molecule has 1 aliphatic rings. The number of carbonyl (C=O) groups excluding carboxylic acids is 1. The monoisotopic (exact) mass is 197 g/mol. The van der Waals surface area contributed by atoms with Crippen LogP contribution in [0.15, 0.2) is 0 Å². The smallest absolute Gasteiger partial charge is 0.272 e. The van der Waals surface area contributed by atoms with E-state index in [1.165, 1.54) is 0 Å². The topological polar surface area (TPSA) is 115 Å². The Morgan fingerprint density at radius 1 is 1.50 bits per heavy atom. The van der Waals surface area contributed by atoms with Crippen LogP contribution in [0.3, 0.4) is 0 Å². The second kappa shape index (κ2) is 2.66. The summed E-state index contributed by atoms with van der Waals surface area (Å²) in [6.45, 7) is 0. The van der Waals surface area contributed by atoms with Crippen molar-refractivity contribution in [1.29, 1.82) is 0 Å². The molecule has 1 heterocycles. The van der Waals surface area contributed by atoms with Gasteiger partial charge in [0.05, 0.1) is 6.42 Å². The van der Waals surface area contributed by atoms with Gasteiger partial charge < -0.3 is 5.11 Å². The van der Waals surface area contributed by atoms with Crippen molar-refractivity contribution in [3.8, 4) is 0 Å². The fraction of sp³-hybridized carbons (Fsp3) is 0.750. The van der Waals surface area contributed by atoms with Crippen LogP contribution in [0.5, 0.6) is 0 Å². The maximum absolute atomic E-state index is 10.6. The SMILES string of the molecule is O=C1CC(S(=O)(=O)O)C(O)N1O. The summed E-state index contributed by atoms with van der Waals surface area (Å²) in [5.74, 6) is -0.940. The summed E-state index contributed by atoms with van der Waals surface area (Å²) in [4.78, 5) is 10.6. The molecule has 0 aromatic carbocycles. The normalized spacial score (nSPS) is 31.2. The van der Waals surface area contributed by atoms with Gasteiger partial charge in [-0.25, -0.2) is 0 Å². The van der Waals surface area contributed by atoms with Crippen molar-refractivity contribution in [2.24, 2.45) is 0 Å². The van der Waals surface area contributed by atoms with Crippen LogP contribution in [0.1, 0.15) is 6.42 Å². The Labute approximate surface area is 67.9 Å². The molecular formula is C4H7NO6S. The Morgan fingerprint density at radius 3 is 2.17 bits per heavy atom. The molecule has 3 N–H and O–H groups in total. The molecule has 70 valence electrons. The minimum atomic E-state index is -4.49. The van der Waals surface area contributed by atoms with Crippen molar-refractivity contribution in [1.82, 2.24) is 5.06 Å². The van der Waals surface area contributed by atoms with Gasteiger partial charge in [-0.1, -0.05) is 0 Å². The van der Waals surface area contributed by atoms with Gasteiger partial charge in [0.2, 0.25) is 5.91 Å². The Hall–Kier alpha value is -0.700. The first-order chi connectivity index (χ1) is 5.34. The highest BCUT2D eigenvalue weighted by atomic mass is 32.2. The van der Waals surface area contributed by atoms with Crippen LogP contribution in [0.2, 0.25) is 0 Å². The standard InChI is InChI=1S/C4H7NO6S/c6-3-1-2(12(9,10)11)4(7)5(3)8/h2,4,7-8H,1H2,(H,9,10,11). The summed E-state index contributed by atoms with van der Waals surface area (Å²) in [6.07, 6.45) is -2.50. The first kappa shape index (κ1) is 9.39. The number of rotatable bonds is 1. The molecule has 0 bridgehead atoms. The van der Waals surface area contributed by atoms with Crippen LogP contribution < -0.4 is 0 Å². The summed E-state index contributed by atoms with van der Waals surface area (Å²) >= 11 is 0. The van der Waals surface area contributed by atoms with Crippen LogP contribution in [-0.4, -0.2) is 45.7 Å². The number of aliphatic hydroxyl groups is 1. The molecule has 1 fully saturated rings. The molecule has 0 saturated carbocycles. The molecule has 8 heteroatoms. The summed E-state index contributed by atoms with van der Waals surface area (Å²) in [6, 6.07) is 0. The molecule has 12 heavy (non-hydrogen) atoms. The highest BCUT2D eigenvalue weighted by molar-refractivity contribution is 7.86. The lowest BCUT2D eigenvalue weighted by molar-refractivity contribution is -0.189. The summed E-state index contributed by atoms with van der Waals surface area (Å²) in [5.41, 5.74) is 0. The van der Waals surface area contributed by atoms with Crippen molar-refractivity contribution in [2.75, 3.05) is 0 Å². The molecule has 1 amide bonds. The number of aliphatic hydroxyl groups excluding tert-OH is 1. The van der Waals surface area contributed by atoms with Crippen LogP contribution in [0.25, 0.3) is 0 Å². The zero-order valence-electron chi connectivity index (χ0n) is 5.78. The second-order valence-electron chi connectivity index (χ2n) is 2.41. The van der Waals surface area contributed by atoms with Crippen molar-refractivity contribution in [2.45, 2.75) is 17.9 Å². The van der Waals surface area contributed by atoms with Crippen molar-refractivity contribution in [3.05, 3.63) is 0 Å². The van der Waals surface area contributed by atoms with E-state index in [1.54, 1.807) is 0 Å². The molecule has 2 atom stereocenters. The molecule has 7 nitrogen and oxygen atoms in total. The molecule has 1 saturated heterocycles. The fourth-order valence-corrected chi connectivity index (χ4v) is 1.71. The minimum Gasteiger partial charge on any atom is -0.370 e. The molecule has 1 aliphatic heterocycles. The van der Waals surface area contributed by atoms with Gasteiger partial charge in [0.15, 0.2) is 6.23 Å². The lowest BCUT2D eigenvalue weighted by Gasteiger charge is -2.14. The molecule has 0 aliphatic carbocycles. The summed E-state index contributed by atoms with van der Waals surface area (Å²) < 4.78 is 29.3. The zero-order chi connectivity index (χ0) is 9.52.